The first kappa shape index (κ1) is 15.5. The molecule has 1 aliphatic rings. The zero-order valence-electron chi connectivity index (χ0n) is 12.9. The number of halogens is 2. The van der Waals surface area contributed by atoms with Crippen molar-refractivity contribution in [3.05, 3.63) is 77.6 Å². The minimum atomic E-state index is -0.328. The van der Waals surface area contributed by atoms with E-state index in [-0.39, 0.29) is 11.7 Å². The van der Waals surface area contributed by atoms with Gasteiger partial charge in [-0.15, -0.1) is 0 Å². The van der Waals surface area contributed by atoms with Gasteiger partial charge in [0.25, 0.3) is 5.91 Å². The predicted octanol–water partition coefficient (Wildman–Crippen LogP) is 3.49. The van der Waals surface area contributed by atoms with Crippen LogP contribution in [0.4, 0.5) is 10.1 Å². The Morgan fingerprint density at radius 1 is 1.04 bits per heavy atom. The quantitative estimate of drug-likeness (QED) is 0.723. The Kier molecular flexibility index (Phi) is 3.82. The van der Waals surface area contributed by atoms with Gasteiger partial charge in [0.15, 0.2) is 0 Å². The third-order valence-electron chi connectivity index (χ3n) is 4.03. The highest BCUT2D eigenvalue weighted by molar-refractivity contribution is 6.32. The van der Waals surface area contributed by atoms with Crippen LogP contribution in [0.3, 0.4) is 0 Å². The molecule has 25 heavy (non-hydrogen) atoms. The molecule has 2 heterocycles. The molecule has 0 radical (unpaired) electrons. The second-order valence-electron chi connectivity index (χ2n) is 5.54. The van der Waals surface area contributed by atoms with E-state index >= 15 is 0 Å². The lowest BCUT2D eigenvalue weighted by atomic mass is 10.1. The van der Waals surface area contributed by atoms with Gasteiger partial charge in [-0.25, -0.2) is 14.1 Å². The summed E-state index contributed by atoms with van der Waals surface area (Å²) in [5.41, 5.74) is 2.64. The number of hydrogen-bond acceptors (Lipinski definition) is 3. The minimum Gasteiger partial charge on any atom is -0.302 e. The van der Waals surface area contributed by atoms with Gasteiger partial charge in [-0.1, -0.05) is 23.7 Å². The molecule has 0 atom stereocenters. The fourth-order valence-corrected chi connectivity index (χ4v) is 2.96. The summed E-state index contributed by atoms with van der Waals surface area (Å²) in [7, 11) is 0. The fraction of sp³-hybridized carbons (Fsp3) is 0.0556. The van der Waals surface area contributed by atoms with Crippen molar-refractivity contribution in [3.63, 3.8) is 0 Å². The van der Waals surface area contributed by atoms with E-state index < -0.39 is 0 Å². The molecule has 0 N–H and O–H groups in total. The summed E-state index contributed by atoms with van der Waals surface area (Å²) in [4.78, 5) is 18.6. The zero-order valence-corrected chi connectivity index (χ0v) is 13.7. The first-order chi connectivity index (χ1) is 12.1. The second kappa shape index (κ2) is 6.14. The molecule has 1 aromatic heterocycles. The van der Waals surface area contributed by atoms with Crippen molar-refractivity contribution in [3.8, 4) is 0 Å². The van der Waals surface area contributed by atoms with E-state index in [0.717, 1.165) is 16.8 Å². The standard InChI is InChI=1S/C18H12ClFN4O/c19-13-3-7-15(8-4-13)23-9-16(12-1-5-14(20)6-2-12)17(18(23)25)24-11-21-10-22-24/h1-8,10-11H,9H2. The molecule has 1 aliphatic heterocycles. The molecule has 1 amide bonds. The highest BCUT2D eigenvalue weighted by Crippen LogP contribution is 2.34. The molecule has 0 spiro atoms. The molecular weight excluding hydrogens is 343 g/mol. The molecule has 0 fully saturated rings. The van der Waals surface area contributed by atoms with Gasteiger partial charge < -0.3 is 4.90 Å². The Morgan fingerprint density at radius 3 is 2.40 bits per heavy atom. The smallest absolute Gasteiger partial charge is 0.277 e. The Balaban J connectivity index is 1.80. The molecule has 0 saturated heterocycles. The van der Waals surface area contributed by atoms with Crippen LogP contribution in [0, 0.1) is 5.82 Å². The van der Waals surface area contributed by atoms with E-state index in [9.17, 15) is 9.18 Å². The van der Waals surface area contributed by atoms with Gasteiger partial charge in [0, 0.05) is 16.3 Å². The summed E-state index contributed by atoms with van der Waals surface area (Å²) >= 11 is 5.93. The molecule has 0 aliphatic carbocycles. The number of benzene rings is 2. The van der Waals surface area contributed by atoms with Crippen LogP contribution in [0.5, 0.6) is 0 Å². The van der Waals surface area contributed by atoms with Crippen LogP contribution in [0.25, 0.3) is 11.3 Å². The topological polar surface area (TPSA) is 51.0 Å². The van der Waals surface area contributed by atoms with Gasteiger partial charge in [0.05, 0.1) is 6.54 Å². The van der Waals surface area contributed by atoms with Crippen molar-refractivity contribution in [2.75, 3.05) is 11.4 Å². The van der Waals surface area contributed by atoms with Gasteiger partial charge in [0.1, 0.15) is 24.2 Å². The maximum atomic E-state index is 13.3. The summed E-state index contributed by atoms with van der Waals surface area (Å²) in [6.45, 7) is 0.349. The van der Waals surface area contributed by atoms with Crippen molar-refractivity contribution in [1.29, 1.82) is 0 Å². The van der Waals surface area contributed by atoms with Crippen LogP contribution in [0.15, 0.2) is 61.2 Å². The SMILES string of the molecule is O=C1C(n2cncn2)=C(c2ccc(F)cc2)CN1c1ccc(Cl)cc1. The average molecular weight is 355 g/mol. The summed E-state index contributed by atoms with van der Waals surface area (Å²) in [6.07, 6.45) is 2.84. The Morgan fingerprint density at radius 2 is 1.76 bits per heavy atom. The van der Waals surface area contributed by atoms with Crippen LogP contribution in [0.2, 0.25) is 5.02 Å². The lowest BCUT2D eigenvalue weighted by molar-refractivity contribution is -0.113. The minimum absolute atomic E-state index is 0.202. The lowest BCUT2D eigenvalue weighted by Gasteiger charge is -2.17. The Labute approximate surface area is 148 Å². The number of anilines is 1. The van der Waals surface area contributed by atoms with E-state index in [2.05, 4.69) is 10.1 Å². The van der Waals surface area contributed by atoms with Crippen molar-refractivity contribution < 1.29 is 9.18 Å². The first-order valence-corrected chi connectivity index (χ1v) is 7.93. The van der Waals surface area contributed by atoms with Crippen LogP contribution in [-0.4, -0.2) is 27.2 Å². The zero-order chi connectivity index (χ0) is 17.4. The third kappa shape index (κ3) is 2.81. The molecule has 0 bridgehead atoms. The number of carbonyl (C=O) groups excluding carboxylic acids is 1. The van der Waals surface area contributed by atoms with Gasteiger partial charge >= 0.3 is 0 Å². The van der Waals surface area contributed by atoms with Crippen molar-refractivity contribution >= 4 is 34.5 Å². The van der Waals surface area contributed by atoms with Crippen molar-refractivity contribution in [2.45, 2.75) is 0 Å². The van der Waals surface area contributed by atoms with E-state index in [4.69, 9.17) is 11.6 Å². The number of aromatic nitrogens is 3. The molecule has 0 unspecified atom stereocenters. The van der Waals surface area contributed by atoms with E-state index in [1.165, 1.54) is 29.5 Å². The monoisotopic (exact) mass is 354 g/mol. The first-order valence-electron chi connectivity index (χ1n) is 7.55. The van der Waals surface area contributed by atoms with Crippen molar-refractivity contribution in [2.24, 2.45) is 0 Å². The van der Waals surface area contributed by atoms with E-state index in [1.807, 2.05) is 0 Å². The maximum absolute atomic E-state index is 13.3. The molecule has 7 heteroatoms. The fourth-order valence-electron chi connectivity index (χ4n) is 2.83. The van der Waals surface area contributed by atoms with Crippen LogP contribution in [-0.2, 0) is 4.79 Å². The Bertz CT molecular complexity index is 950. The highest BCUT2D eigenvalue weighted by atomic mass is 35.5. The molecule has 2 aromatic carbocycles. The molecule has 4 rings (SSSR count). The lowest BCUT2D eigenvalue weighted by Crippen LogP contribution is -2.27. The molecular formula is C18H12ClFN4O. The normalized spacial score (nSPS) is 14.5. The number of carbonyl (C=O) groups is 1. The summed E-state index contributed by atoms with van der Waals surface area (Å²) in [5.74, 6) is -0.530. The highest BCUT2D eigenvalue weighted by Gasteiger charge is 2.33. The predicted molar refractivity (Wildman–Crippen MR) is 93.3 cm³/mol. The number of nitrogens with zero attached hydrogens (tertiary/aromatic N) is 4. The van der Waals surface area contributed by atoms with Crippen LogP contribution in [0.1, 0.15) is 5.56 Å². The van der Waals surface area contributed by atoms with Gasteiger partial charge in [-0.2, -0.15) is 5.10 Å². The summed E-state index contributed by atoms with van der Waals surface area (Å²) in [5, 5.41) is 4.69. The number of rotatable bonds is 3. The summed E-state index contributed by atoms with van der Waals surface area (Å²) < 4.78 is 14.7. The second-order valence-corrected chi connectivity index (χ2v) is 5.98. The van der Waals surface area contributed by atoms with Gasteiger partial charge in [0.2, 0.25) is 0 Å². The number of hydrogen-bond donors (Lipinski definition) is 0. The average Bonchev–Trinajstić information content (AvgIpc) is 3.24. The van der Waals surface area contributed by atoms with Crippen LogP contribution < -0.4 is 4.90 Å². The maximum Gasteiger partial charge on any atom is 0.277 e. The van der Waals surface area contributed by atoms with E-state index in [0.29, 0.717) is 17.3 Å². The number of amides is 1. The molecule has 3 aromatic rings. The molecule has 124 valence electrons. The Hall–Kier alpha value is -2.99. The van der Waals surface area contributed by atoms with Crippen LogP contribution >= 0.6 is 11.6 Å². The van der Waals surface area contributed by atoms with Gasteiger partial charge in [-0.05, 0) is 42.0 Å². The van der Waals surface area contributed by atoms with Crippen molar-refractivity contribution in [1.82, 2.24) is 14.8 Å². The van der Waals surface area contributed by atoms with E-state index in [1.54, 1.807) is 41.3 Å². The largest absolute Gasteiger partial charge is 0.302 e. The molecule has 5 nitrogen and oxygen atoms in total. The molecule has 0 saturated carbocycles. The van der Waals surface area contributed by atoms with Gasteiger partial charge in [-0.3, -0.25) is 4.79 Å². The summed E-state index contributed by atoms with van der Waals surface area (Å²) in [6, 6.07) is 13.1. The third-order valence-corrected chi connectivity index (χ3v) is 4.28.